The highest BCUT2D eigenvalue weighted by molar-refractivity contribution is 7.89. The van der Waals surface area contributed by atoms with E-state index < -0.39 is 33.3 Å². The summed E-state index contributed by atoms with van der Waals surface area (Å²) < 4.78 is 61.2. The minimum atomic E-state index is -4.60. The van der Waals surface area contributed by atoms with Crippen LogP contribution in [0.25, 0.3) is 0 Å². The molecule has 0 aromatic carbocycles. The van der Waals surface area contributed by atoms with Crippen LogP contribution < -0.4 is 15.6 Å². The van der Waals surface area contributed by atoms with E-state index in [-0.39, 0.29) is 22.7 Å². The molecular weight excluding hydrogens is 337 g/mol. The third-order valence-corrected chi connectivity index (χ3v) is 4.04. The van der Waals surface area contributed by atoms with Gasteiger partial charge in [0, 0.05) is 6.54 Å². The summed E-state index contributed by atoms with van der Waals surface area (Å²) in [6.45, 7) is -1.65. The third kappa shape index (κ3) is 5.52. The quantitative estimate of drug-likeness (QED) is 0.777. The van der Waals surface area contributed by atoms with Crippen molar-refractivity contribution in [2.75, 3.05) is 24.7 Å². The van der Waals surface area contributed by atoms with Crippen LogP contribution in [0.15, 0.2) is 11.0 Å². The molecule has 0 amide bonds. The lowest BCUT2D eigenvalue weighted by atomic mass is 10.4. The SMILES string of the molecule is CNS(=O)(=O)CCNc1cnn(CC(F)(F)F)c(=O)c1Cl. The average molecular weight is 349 g/mol. The molecule has 0 spiro atoms. The van der Waals surface area contributed by atoms with Crippen LogP contribution in [-0.2, 0) is 16.6 Å². The van der Waals surface area contributed by atoms with Crippen LogP contribution in [0.2, 0.25) is 5.02 Å². The first-order valence-corrected chi connectivity index (χ1v) is 7.56. The Kier molecular flexibility index (Phi) is 5.59. The first-order valence-electron chi connectivity index (χ1n) is 5.53. The highest BCUT2D eigenvalue weighted by Gasteiger charge is 2.29. The largest absolute Gasteiger partial charge is 0.408 e. The Morgan fingerprint density at radius 1 is 1.43 bits per heavy atom. The number of anilines is 1. The lowest BCUT2D eigenvalue weighted by Gasteiger charge is -2.11. The Hall–Kier alpha value is -1.33. The van der Waals surface area contributed by atoms with Crippen LogP contribution in [-0.4, -0.2) is 43.7 Å². The average Bonchev–Trinajstić information content (AvgIpc) is 2.36. The Labute approximate surface area is 123 Å². The van der Waals surface area contributed by atoms with Gasteiger partial charge in [-0.1, -0.05) is 11.6 Å². The molecule has 0 aliphatic carbocycles. The summed E-state index contributed by atoms with van der Waals surface area (Å²) in [5.74, 6) is -0.300. The highest BCUT2D eigenvalue weighted by Crippen LogP contribution is 2.18. The summed E-state index contributed by atoms with van der Waals surface area (Å²) >= 11 is 5.64. The van der Waals surface area contributed by atoms with Gasteiger partial charge in [-0.2, -0.15) is 18.3 Å². The number of rotatable bonds is 6. The molecule has 0 atom stereocenters. The van der Waals surface area contributed by atoms with Gasteiger partial charge in [-0.3, -0.25) is 4.79 Å². The van der Waals surface area contributed by atoms with E-state index in [9.17, 15) is 26.4 Å². The number of hydrogen-bond donors (Lipinski definition) is 2. The second kappa shape index (κ2) is 6.62. The number of alkyl halides is 3. The van der Waals surface area contributed by atoms with Gasteiger partial charge in [0.05, 0.1) is 17.6 Å². The summed E-state index contributed by atoms with van der Waals surface area (Å²) in [5.41, 5.74) is -1.15. The molecule has 0 saturated heterocycles. The normalized spacial score (nSPS) is 12.4. The summed E-state index contributed by atoms with van der Waals surface area (Å²) in [4.78, 5) is 11.6. The molecule has 2 N–H and O–H groups in total. The lowest BCUT2D eigenvalue weighted by Crippen LogP contribution is -2.31. The molecule has 12 heteroatoms. The Morgan fingerprint density at radius 3 is 2.57 bits per heavy atom. The maximum Gasteiger partial charge on any atom is 0.408 e. The van der Waals surface area contributed by atoms with Crippen molar-refractivity contribution >= 4 is 27.3 Å². The van der Waals surface area contributed by atoms with Crippen LogP contribution >= 0.6 is 11.6 Å². The summed E-state index contributed by atoms with van der Waals surface area (Å²) in [5, 5.41) is 5.37. The van der Waals surface area contributed by atoms with Gasteiger partial charge >= 0.3 is 6.18 Å². The number of aromatic nitrogens is 2. The van der Waals surface area contributed by atoms with Crippen molar-refractivity contribution in [1.29, 1.82) is 0 Å². The summed E-state index contributed by atoms with van der Waals surface area (Å²) in [7, 11) is -2.21. The fraction of sp³-hybridized carbons (Fsp3) is 0.556. The molecule has 1 aromatic heterocycles. The van der Waals surface area contributed by atoms with Gasteiger partial charge in [-0.15, -0.1) is 0 Å². The van der Waals surface area contributed by atoms with Crippen LogP contribution in [0.5, 0.6) is 0 Å². The predicted octanol–water partition coefficient (Wildman–Crippen LogP) is 0.420. The molecule has 0 aliphatic rings. The molecule has 1 rings (SSSR count). The topological polar surface area (TPSA) is 93.1 Å². The van der Waals surface area contributed by atoms with Crippen molar-refractivity contribution in [2.24, 2.45) is 0 Å². The second-order valence-electron chi connectivity index (χ2n) is 3.90. The number of hydrogen-bond acceptors (Lipinski definition) is 5. The fourth-order valence-corrected chi connectivity index (χ4v) is 2.08. The maximum absolute atomic E-state index is 12.2. The molecule has 120 valence electrons. The van der Waals surface area contributed by atoms with E-state index in [1.54, 1.807) is 0 Å². The molecule has 0 fully saturated rings. The minimum absolute atomic E-state index is 0.0357. The Bertz CT molecular complexity index is 659. The Morgan fingerprint density at radius 2 is 2.05 bits per heavy atom. The van der Waals surface area contributed by atoms with E-state index in [4.69, 9.17) is 11.6 Å². The van der Waals surface area contributed by atoms with Crippen LogP contribution in [0.3, 0.4) is 0 Å². The van der Waals surface area contributed by atoms with Crippen LogP contribution in [0.1, 0.15) is 0 Å². The van der Waals surface area contributed by atoms with Gasteiger partial charge in [-0.05, 0) is 7.05 Å². The smallest absolute Gasteiger partial charge is 0.381 e. The predicted molar refractivity (Wildman–Crippen MR) is 70.9 cm³/mol. The highest BCUT2D eigenvalue weighted by atomic mass is 35.5. The number of halogens is 4. The standard InChI is InChI=1S/C9H12ClF3N4O3S/c1-14-21(19,20)3-2-15-6-4-16-17(5-9(11,12)13)8(18)7(6)10/h4,14-15H,2-3,5H2,1H3. The van der Waals surface area contributed by atoms with Gasteiger partial charge in [0.15, 0.2) is 0 Å². The number of nitrogens with zero attached hydrogens (tertiary/aromatic N) is 2. The summed E-state index contributed by atoms with van der Waals surface area (Å²) in [6, 6.07) is 0. The molecular formula is C9H12ClF3N4O3S. The van der Waals surface area contributed by atoms with E-state index in [0.29, 0.717) is 0 Å². The molecule has 0 saturated carbocycles. The van der Waals surface area contributed by atoms with Crippen LogP contribution in [0, 0.1) is 0 Å². The molecule has 1 aromatic rings. The van der Waals surface area contributed by atoms with E-state index >= 15 is 0 Å². The fourth-order valence-electron chi connectivity index (χ4n) is 1.29. The van der Waals surface area contributed by atoms with Gasteiger partial charge in [0.2, 0.25) is 10.0 Å². The van der Waals surface area contributed by atoms with Gasteiger partial charge in [-0.25, -0.2) is 17.8 Å². The van der Waals surface area contributed by atoms with Crippen molar-refractivity contribution < 1.29 is 21.6 Å². The third-order valence-electron chi connectivity index (χ3n) is 2.31. The first kappa shape index (κ1) is 17.7. The second-order valence-corrected chi connectivity index (χ2v) is 6.32. The molecule has 0 unspecified atom stereocenters. The van der Waals surface area contributed by atoms with Crippen molar-refractivity contribution in [3.05, 3.63) is 21.6 Å². The van der Waals surface area contributed by atoms with Crippen LogP contribution in [0.4, 0.5) is 18.9 Å². The number of nitrogens with one attached hydrogen (secondary N) is 2. The van der Waals surface area contributed by atoms with E-state index in [1.165, 1.54) is 7.05 Å². The zero-order valence-electron chi connectivity index (χ0n) is 10.7. The van der Waals surface area contributed by atoms with Gasteiger partial charge in [0.25, 0.3) is 5.56 Å². The zero-order valence-corrected chi connectivity index (χ0v) is 12.3. The molecule has 7 nitrogen and oxygen atoms in total. The molecule has 1 heterocycles. The number of sulfonamides is 1. The molecule has 0 bridgehead atoms. The maximum atomic E-state index is 12.2. The lowest BCUT2D eigenvalue weighted by molar-refractivity contribution is -0.143. The van der Waals surface area contributed by atoms with E-state index in [2.05, 4.69) is 15.1 Å². The monoisotopic (exact) mass is 348 g/mol. The van der Waals surface area contributed by atoms with Crippen molar-refractivity contribution in [3.8, 4) is 0 Å². The van der Waals surface area contributed by atoms with Crippen molar-refractivity contribution in [2.45, 2.75) is 12.7 Å². The Balaban J connectivity index is 2.83. The van der Waals surface area contributed by atoms with Gasteiger partial charge < -0.3 is 5.32 Å². The zero-order chi connectivity index (χ0) is 16.3. The minimum Gasteiger partial charge on any atom is -0.381 e. The van der Waals surface area contributed by atoms with Crippen molar-refractivity contribution in [1.82, 2.24) is 14.5 Å². The molecule has 0 aliphatic heterocycles. The summed E-state index contributed by atoms with van der Waals surface area (Å²) in [6.07, 6.45) is -3.67. The van der Waals surface area contributed by atoms with E-state index in [1.807, 2.05) is 0 Å². The van der Waals surface area contributed by atoms with E-state index in [0.717, 1.165) is 6.20 Å². The van der Waals surface area contributed by atoms with Gasteiger partial charge in [0.1, 0.15) is 11.6 Å². The molecule has 21 heavy (non-hydrogen) atoms. The molecule has 0 radical (unpaired) electrons. The van der Waals surface area contributed by atoms with Crippen molar-refractivity contribution in [3.63, 3.8) is 0 Å². The first-order chi connectivity index (χ1) is 9.56.